The molecule has 3 rings (SSSR count). The third kappa shape index (κ3) is 7.31. The van der Waals surface area contributed by atoms with E-state index in [0.717, 1.165) is 12.1 Å². The molecule has 1 unspecified atom stereocenters. The van der Waals surface area contributed by atoms with E-state index in [9.17, 15) is 40.7 Å². The van der Waals surface area contributed by atoms with Crippen LogP contribution < -0.4 is 16.2 Å². The molecule has 2 aromatic rings. The highest BCUT2D eigenvalue weighted by Gasteiger charge is 2.39. The van der Waals surface area contributed by atoms with Crippen LogP contribution in [0.1, 0.15) is 21.6 Å². The Morgan fingerprint density at radius 1 is 1.00 bits per heavy atom. The van der Waals surface area contributed by atoms with Crippen LogP contribution in [-0.4, -0.2) is 59.7 Å². The Labute approximate surface area is 199 Å². The Hall–Kier alpha value is -3.88. The van der Waals surface area contributed by atoms with E-state index in [1.54, 1.807) is 5.43 Å². The number of morpholine rings is 1. The van der Waals surface area contributed by atoms with Gasteiger partial charge in [-0.25, -0.2) is 9.78 Å². The van der Waals surface area contributed by atoms with Crippen LogP contribution in [0.25, 0.3) is 0 Å². The highest BCUT2D eigenvalue weighted by molar-refractivity contribution is 5.95. The molecule has 0 bridgehead atoms. The number of rotatable bonds is 4. The lowest BCUT2D eigenvalue weighted by atomic mass is 10.0. The third-order valence-corrected chi connectivity index (χ3v) is 4.93. The van der Waals surface area contributed by atoms with E-state index in [0.29, 0.717) is 12.0 Å². The number of alkyl halides is 6. The van der Waals surface area contributed by atoms with E-state index >= 15 is 0 Å². The van der Waals surface area contributed by atoms with Crippen molar-refractivity contribution in [2.45, 2.75) is 24.9 Å². The van der Waals surface area contributed by atoms with E-state index in [1.165, 1.54) is 40.7 Å². The molecular weight excluding hydrogens is 500 g/mol. The van der Waals surface area contributed by atoms with E-state index in [4.69, 9.17) is 4.74 Å². The Morgan fingerprint density at radius 2 is 1.69 bits per heavy atom. The Kier molecular flexibility index (Phi) is 8.02. The minimum atomic E-state index is -5.15. The first kappa shape index (κ1) is 26.7. The van der Waals surface area contributed by atoms with Gasteiger partial charge in [0.2, 0.25) is 0 Å². The number of benzene rings is 1. The first-order valence-corrected chi connectivity index (χ1v) is 10.3. The first-order chi connectivity index (χ1) is 16.8. The predicted molar refractivity (Wildman–Crippen MR) is 111 cm³/mol. The maximum Gasteiger partial charge on any atom is 0.472 e. The fraction of sp³-hybridized carbons (Fsp3) is 0.333. The largest absolute Gasteiger partial charge is 0.472 e. The number of hydrazine groups is 1. The van der Waals surface area contributed by atoms with Crippen molar-refractivity contribution in [1.82, 2.24) is 20.7 Å². The Morgan fingerprint density at radius 3 is 2.33 bits per heavy atom. The average molecular weight is 519 g/mol. The number of nitrogens with one attached hydrogen (secondary N) is 3. The number of ether oxygens (including phenoxy) is 1. The van der Waals surface area contributed by atoms with E-state index in [2.05, 4.69) is 10.3 Å². The van der Waals surface area contributed by atoms with Crippen LogP contribution in [0.3, 0.4) is 0 Å². The van der Waals surface area contributed by atoms with Crippen LogP contribution in [0.2, 0.25) is 0 Å². The lowest BCUT2D eigenvalue weighted by Crippen LogP contribution is -2.48. The summed E-state index contributed by atoms with van der Waals surface area (Å²) in [7, 11) is 0. The van der Waals surface area contributed by atoms with Gasteiger partial charge in [0, 0.05) is 25.1 Å². The van der Waals surface area contributed by atoms with Crippen LogP contribution in [0, 0.1) is 0 Å². The first-order valence-electron chi connectivity index (χ1n) is 10.3. The van der Waals surface area contributed by atoms with Gasteiger partial charge in [0.25, 0.3) is 5.91 Å². The third-order valence-electron chi connectivity index (χ3n) is 4.93. The van der Waals surface area contributed by atoms with Crippen molar-refractivity contribution >= 4 is 23.7 Å². The second kappa shape index (κ2) is 10.8. The second-order valence-electron chi connectivity index (χ2n) is 7.58. The molecule has 1 aliphatic rings. The fourth-order valence-electron chi connectivity index (χ4n) is 3.19. The van der Waals surface area contributed by atoms with Gasteiger partial charge in [0.15, 0.2) is 0 Å². The zero-order valence-electron chi connectivity index (χ0n) is 18.2. The standard InChI is InChI=1S/C21H19F6N5O4/c22-20(23,24)15-2-1-3-16(28-15)29-19(35)32-8-9-36-14(11-32)10-12-4-6-13(7-5-12)17(33)30-31-18(34)21(25,26)27/h1-7,14H,8-11H2,(H,30,33)(H,31,34)(H,28,29,35). The topological polar surface area (TPSA) is 113 Å². The van der Waals surface area contributed by atoms with Gasteiger partial charge in [0.1, 0.15) is 11.5 Å². The van der Waals surface area contributed by atoms with E-state index in [-0.39, 0.29) is 31.1 Å². The van der Waals surface area contributed by atoms with Gasteiger partial charge in [-0.1, -0.05) is 18.2 Å². The molecular formula is C21H19F6N5O4. The zero-order chi connectivity index (χ0) is 26.5. The number of halogens is 6. The summed E-state index contributed by atoms with van der Waals surface area (Å²) in [5, 5.41) is 2.33. The number of hydrogen-bond donors (Lipinski definition) is 3. The van der Waals surface area contributed by atoms with Crippen LogP contribution in [0.5, 0.6) is 0 Å². The SMILES string of the molecule is O=C(NNC(=O)C(F)(F)F)c1ccc(CC2CN(C(=O)Nc3cccc(C(F)(F)F)n3)CCO2)cc1. The maximum absolute atomic E-state index is 12.8. The van der Waals surface area contributed by atoms with Crippen LogP contribution >= 0.6 is 0 Å². The molecule has 2 heterocycles. The molecule has 1 aromatic carbocycles. The summed E-state index contributed by atoms with van der Waals surface area (Å²) >= 11 is 0. The van der Waals surface area contributed by atoms with Gasteiger partial charge in [-0.3, -0.25) is 25.8 Å². The quantitative estimate of drug-likeness (QED) is 0.425. The summed E-state index contributed by atoms with van der Waals surface area (Å²) in [5.74, 6) is -3.53. The number of carbonyl (C=O) groups is 3. The lowest BCUT2D eigenvalue weighted by Gasteiger charge is -2.33. The van der Waals surface area contributed by atoms with Crippen LogP contribution in [-0.2, 0) is 22.1 Å². The molecule has 0 spiro atoms. The second-order valence-corrected chi connectivity index (χ2v) is 7.58. The number of hydrogen-bond acceptors (Lipinski definition) is 5. The zero-order valence-corrected chi connectivity index (χ0v) is 18.2. The molecule has 1 saturated heterocycles. The maximum atomic E-state index is 12.8. The average Bonchev–Trinajstić information content (AvgIpc) is 2.82. The minimum absolute atomic E-state index is 0.0135. The summed E-state index contributed by atoms with van der Waals surface area (Å²) in [4.78, 5) is 39.9. The molecule has 36 heavy (non-hydrogen) atoms. The smallest absolute Gasteiger partial charge is 0.374 e. The molecule has 3 N–H and O–H groups in total. The minimum Gasteiger partial charge on any atom is -0.374 e. The summed E-state index contributed by atoms with van der Waals surface area (Å²) in [6, 6.07) is 8.20. The van der Waals surface area contributed by atoms with Gasteiger partial charge >= 0.3 is 24.3 Å². The molecule has 194 valence electrons. The van der Waals surface area contributed by atoms with Crippen LogP contribution in [0.4, 0.5) is 37.0 Å². The molecule has 0 radical (unpaired) electrons. The molecule has 9 nitrogen and oxygen atoms in total. The normalized spacial score (nSPS) is 16.3. The Bertz CT molecular complexity index is 1110. The number of aromatic nitrogens is 1. The van der Waals surface area contributed by atoms with Crippen molar-refractivity contribution in [2.24, 2.45) is 0 Å². The molecule has 4 amide bonds. The van der Waals surface area contributed by atoms with Crippen molar-refractivity contribution < 1.29 is 45.5 Å². The van der Waals surface area contributed by atoms with Gasteiger partial charge in [0.05, 0.1) is 12.7 Å². The molecule has 0 saturated carbocycles. The summed E-state index contributed by atoms with van der Waals surface area (Å²) in [5.41, 5.74) is 2.44. The van der Waals surface area contributed by atoms with Crippen molar-refractivity contribution in [2.75, 3.05) is 25.0 Å². The number of nitrogens with zero attached hydrogens (tertiary/aromatic N) is 2. The van der Waals surface area contributed by atoms with Gasteiger partial charge in [-0.2, -0.15) is 26.3 Å². The van der Waals surface area contributed by atoms with E-state index < -0.39 is 42.0 Å². The van der Waals surface area contributed by atoms with Gasteiger partial charge in [-0.05, 0) is 29.8 Å². The van der Waals surface area contributed by atoms with E-state index in [1.807, 2.05) is 0 Å². The molecule has 1 aliphatic heterocycles. The summed E-state index contributed by atoms with van der Waals surface area (Å²) in [6.07, 6.45) is -9.97. The molecule has 0 aliphatic carbocycles. The van der Waals surface area contributed by atoms with Gasteiger partial charge < -0.3 is 9.64 Å². The number of carbonyl (C=O) groups excluding carboxylic acids is 3. The number of pyridine rings is 1. The summed E-state index contributed by atoms with van der Waals surface area (Å²) < 4.78 is 80.6. The molecule has 1 fully saturated rings. The van der Waals surface area contributed by atoms with Gasteiger partial charge in [-0.15, -0.1) is 0 Å². The van der Waals surface area contributed by atoms with Crippen molar-refractivity contribution in [3.05, 3.63) is 59.3 Å². The summed E-state index contributed by atoms with van der Waals surface area (Å²) in [6.45, 7) is 0.494. The molecule has 1 aromatic heterocycles. The number of amides is 4. The monoisotopic (exact) mass is 519 g/mol. The molecule has 1 atom stereocenters. The highest BCUT2D eigenvalue weighted by Crippen LogP contribution is 2.28. The number of urea groups is 1. The van der Waals surface area contributed by atoms with Crippen molar-refractivity contribution in [1.29, 1.82) is 0 Å². The van der Waals surface area contributed by atoms with Crippen LogP contribution in [0.15, 0.2) is 42.5 Å². The highest BCUT2D eigenvalue weighted by atomic mass is 19.4. The predicted octanol–water partition coefficient (Wildman–Crippen LogP) is 2.90. The Balaban J connectivity index is 1.53. The van der Waals surface area contributed by atoms with Crippen molar-refractivity contribution in [3.63, 3.8) is 0 Å². The van der Waals surface area contributed by atoms with Crippen molar-refractivity contribution in [3.8, 4) is 0 Å². The fourth-order valence-corrected chi connectivity index (χ4v) is 3.19. The lowest BCUT2D eigenvalue weighted by molar-refractivity contribution is -0.174. The number of anilines is 1. The molecule has 15 heteroatoms.